The van der Waals surface area contributed by atoms with Crippen molar-refractivity contribution >= 4 is 11.6 Å². The van der Waals surface area contributed by atoms with Crippen molar-refractivity contribution in [2.45, 2.75) is 26.3 Å². The van der Waals surface area contributed by atoms with Crippen molar-refractivity contribution in [3.05, 3.63) is 52.5 Å². The van der Waals surface area contributed by atoms with Gasteiger partial charge < -0.3 is 10.1 Å². The van der Waals surface area contributed by atoms with Gasteiger partial charge in [-0.25, -0.2) is 0 Å². The van der Waals surface area contributed by atoms with Crippen molar-refractivity contribution in [1.29, 1.82) is 0 Å². The van der Waals surface area contributed by atoms with Gasteiger partial charge in [0, 0.05) is 11.6 Å². The zero-order valence-electron chi connectivity index (χ0n) is 12.3. The predicted molar refractivity (Wildman–Crippen MR) is 88.1 cm³/mol. The highest BCUT2D eigenvalue weighted by molar-refractivity contribution is 6.31. The Morgan fingerprint density at radius 3 is 2.76 bits per heavy atom. The molecule has 0 radical (unpaired) electrons. The largest absolute Gasteiger partial charge is 0.493 e. The first-order chi connectivity index (χ1) is 10.3. The van der Waals surface area contributed by atoms with Gasteiger partial charge in [-0.3, -0.25) is 0 Å². The molecule has 0 atom stereocenters. The summed E-state index contributed by atoms with van der Waals surface area (Å²) in [4.78, 5) is 0. The molecule has 1 heterocycles. The lowest BCUT2D eigenvalue weighted by atomic mass is 9.98. The van der Waals surface area contributed by atoms with Gasteiger partial charge in [-0.1, -0.05) is 36.7 Å². The van der Waals surface area contributed by atoms with Gasteiger partial charge in [-0.05, 0) is 59.8 Å². The van der Waals surface area contributed by atoms with Crippen LogP contribution >= 0.6 is 11.6 Å². The van der Waals surface area contributed by atoms with E-state index in [4.69, 9.17) is 16.3 Å². The molecule has 0 fully saturated rings. The van der Waals surface area contributed by atoms with E-state index in [9.17, 15) is 0 Å². The Hall–Kier alpha value is -1.51. The van der Waals surface area contributed by atoms with Crippen LogP contribution < -0.4 is 10.1 Å². The maximum atomic E-state index is 6.39. The third kappa shape index (κ3) is 3.22. The molecule has 0 bridgehead atoms. The minimum Gasteiger partial charge on any atom is -0.493 e. The summed E-state index contributed by atoms with van der Waals surface area (Å²) >= 11 is 6.39. The van der Waals surface area contributed by atoms with Crippen LogP contribution in [0.5, 0.6) is 5.75 Å². The van der Waals surface area contributed by atoms with Gasteiger partial charge >= 0.3 is 0 Å². The maximum absolute atomic E-state index is 6.39. The molecule has 1 aliphatic rings. The average Bonchev–Trinajstić information content (AvgIpc) is 2.53. The van der Waals surface area contributed by atoms with Gasteiger partial charge in [0.25, 0.3) is 0 Å². The number of fused-ring (bicyclic) bond motifs is 1. The van der Waals surface area contributed by atoms with Crippen molar-refractivity contribution in [3.8, 4) is 16.9 Å². The Kier molecular flexibility index (Phi) is 4.47. The first-order valence-electron chi connectivity index (χ1n) is 7.53. The molecule has 3 heteroatoms. The molecule has 1 aliphatic heterocycles. The number of rotatable bonds is 4. The monoisotopic (exact) mass is 301 g/mol. The molecule has 0 spiro atoms. The smallest absolute Gasteiger partial charge is 0.122 e. The summed E-state index contributed by atoms with van der Waals surface area (Å²) in [6, 6.07) is 12.7. The summed E-state index contributed by atoms with van der Waals surface area (Å²) in [5.41, 5.74) is 4.81. The van der Waals surface area contributed by atoms with Crippen molar-refractivity contribution < 1.29 is 4.74 Å². The summed E-state index contributed by atoms with van der Waals surface area (Å²) in [5.74, 6) is 1.03. The van der Waals surface area contributed by atoms with Crippen LogP contribution in [0.3, 0.4) is 0 Å². The first-order valence-corrected chi connectivity index (χ1v) is 7.91. The molecule has 2 aromatic rings. The minimum absolute atomic E-state index is 0.813. The Morgan fingerprint density at radius 2 is 1.95 bits per heavy atom. The van der Waals surface area contributed by atoms with E-state index in [0.717, 1.165) is 54.4 Å². The van der Waals surface area contributed by atoms with Crippen LogP contribution in [0, 0.1) is 0 Å². The van der Waals surface area contributed by atoms with E-state index in [2.05, 4.69) is 48.6 Å². The van der Waals surface area contributed by atoms with Gasteiger partial charge in [-0.2, -0.15) is 0 Å². The third-order valence-electron chi connectivity index (χ3n) is 3.86. The number of hydrogen-bond donors (Lipinski definition) is 1. The summed E-state index contributed by atoms with van der Waals surface area (Å²) < 4.78 is 5.67. The fourth-order valence-electron chi connectivity index (χ4n) is 2.67. The molecule has 0 amide bonds. The van der Waals surface area contributed by atoms with E-state index in [1.54, 1.807) is 0 Å². The van der Waals surface area contributed by atoms with Gasteiger partial charge in [0.15, 0.2) is 0 Å². The zero-order chi connectivity index (χ0) is 14.7. The van der Waals surface area contributed by atoms with Crippen LogP contribution in [0.25, 0.3) is 11.1 Å². The van der Waals surface area contributed by atoms with Gasteiger partial charge in [0.1, 0.15) is 5.75 Å². The Morgan fingerprint density at radius 1 is 1.14 bits per heavy atom. The summed E-state index contributed by atoms with van der Waals surface area (Å²) in [6.07, 6.45) is 2.19. The normalized spacial score (nSPS) is 13.6. The van der Waals surface area contributed by atoms with E-state index in [1.165, 1.54) is 11.1 Å². The fourth-order valence-corrected chi connectivity index (χ4v) is 2.92. The molecular formula is C18H20ClNO. The molecule has 2 nitrogen and oxygen atoms in total. The average molecular weight is 302 g/mol. The van der Waals surface area contributed by atoms with Crippen molar-refractivity contribution in [1.82, 2.24) is 5.32 Å². The lowest BCUT2D eigenvalue weighted by Crippen LogP contribution is -2.11. The third-order valence-corrected chi connectivity index (χ3v) is 4.21. The molecule has 0 aliphatic carbocycles. The van der Waals surface area contributed by atoms with Crippen LogP contribution in [0.1, 0.15) is 24.5 Å². The minimum atomic E-state index is 0.813. The Balaban J connectivity index is 1.88. The van der Waals surface area contributed by atoms with Gasteiger partial charge in [0.05, 0.1) is 6.61 Å². The number of halogens is 1. The standard InChI is InChI=1S/C18H20ClNO/c1-2-20-12-16-6-5-14(11-17(16)19)13-7-8-18-15(10-13)4-3-9-21-18/h5-8,10-11,20H,2-4,9,12H2,1H3. The van der Waals surface area contributed by atoms with Crippen LogP contribution in [-0.4, -0.2) is 13.2 Å². The van der Waals surface area contributed by atoms with Crippen LogP contribution in [0.15, 0.2) is 36.4 Å². The highest BCUT2D eigenvalue weighted by Crippen LogP contribution is 2.31. The molecular weight excluding hydrogens is 282 g/mol. The molecule has 110 valence electrons. The van der Waals surface area contributed by atoms with Crippen LogP contribution in [0.4, 0.5) is 0 Å². The number of benzene rings is 2. The quantitative estimate of drug-likeness (QED) is 0.901. The molecule has 0 unspecified atom stereocenters. The number of hydrogen-bond acceptors (Lipinski definition) is 2. The van der Waals surface area contributed by atoms with E-state index >= 15 is 0 Å². The second-order valence-electron chi connectivity index (χ2n) is 5.36. The SMILES string of the molecule is CCNCc1ccc(-c2ccc3c(c2)CCCO3)cc1Cl. The predicted octanol–water partition coefficient (Wildman–Crippen LogP) is 4.44. The number of ether oxygens (including phenoxy) is 1. The second kappa shape index (κ2) is 6.50. The lowest BCUT2D eigenvalue weighted by molar-refractivity contribution is 0.288. The van der Waals surface area contributed by atoms with E-state index in [1.807, 2.05) is 0 Å². The summed E-state index contributed by atoms with van der Waals surface area (Å²) in [5, 5.41) is 4.13. The highest BCUT2D eigenvalue weighted by Gasteiger charge is 2.11. The topological polar surface area (TPSA) is 21.3 Å². The van der Waals surface area contributed by atoms with Crippen LogP contribution in [-0.2, 0) is 13.0 Å². The van der Waals surface area contributed by atoms with E-state index in [0.29, 0.717) is 0 Å². The van der Waals surface area contributed by atoms with E-state index < -0.39 is 0 Å². The van der Waals surface area contributed by atoms with Crippen molar-refractivity contribution in [3.63, 3.8) is 0 Å². The molecule has 0 aromatic heterocycles. The Bertz CT molecular complexity index is 639. The molecule has 1 N–H and O–H groups in total. The first kappa shape index (κ1) is 14.4. The molecule has 0 saturated heterocycles. The number of aryl methyl sites for hydroxylation is 1. The molecule has 21 heavy (non-hydrogen) atoms. The summed E-state index contributed by atoms with van der Waals surface area (Å²) in [6.45, 7) is 4.69. The van der Waals surface area contributed by atoms with Gasteiger partial charge in [-0.15, -0.1) is 0 Å². The zero-order valence-corrected chi connectivity index (χ0v) is 13.0. The lowest BCUT2D eigenvalue weighted by Gasteiger charge is -2.18. The Labute approximate surface area is 131 Å². The van der Waals surface area contributed by atoms with Crippen molar-refractivity contribution in [2.75, 3.05) is 13.2 Å². The second-order valence-corrected chi connectivity index (χ2v) is 5.77. The van der Waals surface area contributed by atoms with E-state index in [-0.39, 0.29) is 0 Å². The van der Waals surface area contributed by atoms with Crippen molar-refractivity contribution in [2.24, 2.45) is 0 Å². The molecule has 3 rings (SSSR count). The van der Waals surface area contributed by atoms with Crippen LogP contribution in [0.2, 0.25) is 5.02 Å². The molecule has 0 saturated carbocycles. The molecule has 2 aromatic carbocycles. The maximum Gasteiger partial charge on any atom is 0.122 e. The fraction of sp³-hybridized carbons (Fsp3) is 0.333. The van der Waals surface area contributed by atoms with Gasteiger partial charge in [0.2, 0.25) is 0 Å². The summed E-state index contributed by atoms with van der Waals surface area (Å²) in [7, 11) is 0. The number of nitrogens with one attached hydrogen (secondary N) is 1. The highest BCUT2D eigenvalue weighted by atomic mass is 35.5.